The van der Waals surface area contributed by atoms with E-state index in [2.05, 4.69) is 11.6 Å². The summed E-state index contributed by atoms with van der Waals surface area (Å²) in [6.07, 6.45) is 1.89. The maximum atomic E-state index is 12.4. The van der Waals surface area contributed by atoms with Crippen molar-refractivity contribution in [2.45, 2.75) is 24.3 Å². The van der Waals surface area contributed by atoms with Crippen molar-refractivity contribution >= 4 is 60.5 Å². The predicted molar refractivity (Wildman–Crippen MR) is 118 cm³/mol. The molecule has 5 nitrogen and oxygen atoms in total. The highest BCUT2D eigenvalue weighted by Crippen LogP contribution is 2.31. The third-order valence-electron chi connectivity index (χ3n) is 4.17. The SMILES string of the molecule is C=CCn1c(=NC(=O)CCCS(=O)(=O)c2ccccc2)sc2c(Cl)ccc(Cl)c21. The number of hydrogen-bond donors (Lipinski definition) is 0. The van der Waals surface area contributed by atoms with Crippen LogP contribution in [0, 0.1) is 0 Å². The minimum atomic E-state index is -3.42. The number of benzene rings is 2. The van der Waals surface area contributed by atoms with Gasteiger partial charge in [0.25, 0.3) is 0 Å². The Kier molecular flexibility index (Phi) is 6.95. The summed E-state index contributed by atoms with van der Waals surface area (Å²) in [7, 11) is -3.42. The van der Waals surface area contributed by atoms with Crippen LogP contribution in [-0.2, 0) is 21.2 Å². The van der Waals surface area contributed by atoms with Gasteiger partial charge in [0.05, 0.1) is 30.9 Å². The van der Waals surface area contributed by atoms with Crippen LogP contribution in [0.5, 0.6) is 0 Å². The zero-order valence-corrected chi connectivity index (χ0v) is 18.5. The molecule has 1 aromatic heterocycles. The summed E-state index contributed by atoms with van der Waals surface area (Å²) in [6.45, 7) is 4.15. The first-order chi connectivity index (χ1) is 13.8. The van der Waals surface area contributed by atoms with E-state index in [9.17, 15) is 13.2 Å². The number of aromatic nitrogens is 1. The molecule has 0 unspecified atom stereocenters. The lowest BCUT2D eigenvalue weighted by molar-refractivity contribution is -0.118. The highest BCUT2D eigenvalue weighted by atomic mass is 35.5. The minimum absolute atomic E-state index is 0.0237. The Bertz CT molecular complexity index is 1230. The van der Waals surface area contributed by atoms with Crippen LogP contribution < -0.4 is 4.80 Å². The molecule has 1 heterocycles. The monoisotopic (exact) mass is 468 g/mol. The highest BCUT2D eigenvalue weighted by molar-refractivity contribution is 7.91. The molecular weight excluding hydrogens is 451 g/mol. The molecule has 2 aromatic carbocycles. The van der Waals surface area contributed by atoms with Gasteiger partial charge in [-0.2, -0.15) is 4.99 Å². The largest absolute Gasteiger partial charge is 0.311 e. The molecule has 9 heteroatoms. The van der Waals surface area contributed by atoms with Crippen LogP contribution in [0.25, 0.3) is 10.2 Å². The van der Waals surface area contributed by atoms with E-state index in [0.29, 0.717) is 26.9 Å². The Hall–Kier alpha value is -1.93. The lowest BCUT2D eigenvalue weighted by Gasteiger charge is -2.04. The Labute approximate surface area is 182 Å². The van der Waals surface area contributed by atoms with Crippen molar-refractivity contribution in [3.8, 4) is 0 Å². The van der Waals surface area contributed by atoms with Gasteiger partial charge >= 0.3 is 0 Å². The van der Waals surface area contributed by atoms with Crippen LogP contribution in [0.4, 0.5) is 0 Å². The maximum absolute atomic E-state index is 12.4. The molecule has 3 rings (SSSR count). The average Bonchev–Trinajstić information content (AvgIpc) is 3.05. The molecule has 0 saturated heterocycles. The van der Waals surface area contributed by atoms with E-state index in [0.717, 1.165) is 4.70 Å². The number of amides is 1. The summed E-state index contributed by atoms with van der Waals surface area (Å²) in [5, 5.41) is 1.03. The summed E-state index contributed by atoms with van der Waals surface area (Å²) in [5.74, 6) is -0.514. The Morgan fingerprint density at radius 3 is 2.52 bits per heavy atom. The van der Waals surface area contributed by atoms with Gasteiger partial charge in [-0.3, -0.25) is 4.79 Å². The van der Waals surface area contributed by atoms with Crippen molar-refractivity contribution in [2.24, 2.45) is 4.99 Å². The first-order valence-corrected chi connectivity index (χ1v) is 12.0. The number of sulfone groups is 1. The van der Waals surface area contributed by atoms with Gasteiger partial charge in [-0.25, -0.2) is 8.42 Å². The number of allylic oxidation sites excluding steroid dienone is 1. The van der Waals surface area contributed by atoms with Crippen LogP contribution in [0.15, 0.2) is 65.0 Å². The van der Waals surface area contributed by atoms with Gasteiger partial charge in [0.1, 0.15) is 0 Å². The van der Waals surface area contributed by atoms with Crippen LogP contribution >= 0.6 is 34.5 Å². The number of hydrogen-bond acceptors (Lipinski definition) is 4. The van der Waals surface area contributed by atoms with Crippen molar-refractivity contribution in [1.82, 2.24) is 4.57 Å². The lowest BCUT2D eigenvalue weighted by Crippen LogP contribution is -2.16. The van der Waals surface area contributed by atoms with Crippen molar-refractivity contribution in [2.75, 3.05) is 5.75 Å². The number of nitrogens with zero attached hydrogens (tertiary/aromatic N) is 2. The average molecular weight is 469 g/mol. The maximum Gasteiger partial charge on any atom is 0.248 e. The first kappa shape index (κ1) is 21.8. The molecule has 152 valence electrons. The zero-order valence-electron chi connectivity index (χ0n) is 15.3. The summed E-state index contributed by atoms with van der Waals surface area (Å²) >= 11 is 13.8. The number of carbonyl (C=O) groups excluding carboxylic acids is 1. The molecule has 0 aliphatic carbocycles. The van der Waals surface area contributed by atoms with Gasteiger partial charge in [0.2, 0.25) is 5.91 Å². The normalized spacial score (nSPS) is 12.4. The number of thiazole rings is 1. The van der Waals surface area contributed by atoms with E-state index in [-0.39, 0.29) is 23.5 Å². The molecule has 0 saturated carbocycles. The van der Waals surface area contributed by atoms with Gasteiger partial charge < -0.3 is 4.57 Å². The highest BCUT2D eigenvalue weighted by Gasteiger charge is 2.16. The van der Waals surface area contributed by atoms with Crippen LogP contribution in [0.2, 0.25) is 10.0 Å². The number of carbonyl (C=O) groups is 1. The Balaban J connectivity index is 1.81. The molecule has 29 heavy (non-hydrogen) atoms. The molecule has 0 atom stereocenters. The standard InChI is InChI=1S/C20H18Cl2N2O3S2/c1-2-12-24-18-15(21)10-11-16(22)19(18)28-20(24)23-17(25)9-6-13-29(26,27)14-7-4-3-5-8-14/h2-5,7-8,10-11H,1,6,9,12-13H2. The van der Waals surface area contributed by atoms with E-state index in [4.69, 9.17) is 23.2 Å². The van der Waals surface area contributed by atoms with Crippen LogP contribution in [0.1, 0.15) is 12.8 Å². The third kappa shape index (κ3) is 4.98. The van der Waals surface area contributed by atoms with Gasteiger partial charge in [0, 0.05) is 13.0 Å². The van der Waals surface area contributed by atoms with Crippen molar-refractivity contribution in [3.05, 3.63) is 70.0 Å². The van der Waals surface area contributed by atoms with Gasteiger partial charge in [-0.15, -0.1) is 6.58 Å². The zero-order chi connectivity index (χ0) is 21.0. The molecule has 0 radical (unpaired) electrons. The minimum Gasteiger partial charge on any atom is -0.311 e. The fourth-order valence-electron chi connectivity index (χ4n) is 2.82. The van der Waals surface area contributed by atoms with Gasteiger partial charge in [0.15, 0.2) is 14.6 Å². The van der Waals surface area contributed by atoms with Crippen molar-refractivity contribution in [3.63, 3.8) is 0 Å². The van der Waals surface area contributed by atoms with Gasteiger partial charge in [-0.05, 0) is 30.7 Å². The van der Waals surface area contributed by atoms with Crippen LogP contribution in [-0.4, -0.2) is 24.6 Å². The summed E-state index contributed by atoms with van der Waals surface area (Å²) < 4.78 is 27.2. The topological polar surface area (TPSA) is 68.5 Å². The number of halogens is 2. The Morgan fingerprint density at radius 2 is 1.83 bits per heavy atom. The molecule has 0 aliphatic rings. The van der Waals surface area contributed by atoms with E-state index in [1.807, 2.05) is 0 Å². The summed E-state index contributed by atoms with van der Waals surface area (Å²) in [4.78, 5) is 17.3. The fourth-order valence-corrected chi connectivity index (χ4v) is 5.82. The molecule has 0 spiro atoms. The molecule has 0 fully saturated rings. The van der Waals surface area contributed by atoms with E-state index in [1.54, 1.807) is 53.1 Å². The molecule has 0 N–H and O–H groups in total. The second kappa shape index (κ2) is 9.26. The van der Waals surface area contributed by atoms with Crippen molar-refractivity contribution in [1.29, 1.82) is 0 Å². The van der Waals surface area contributed by atoms with Gasteiger partial charge in [-0.1, -0.05) is 58.8 Å². The van der Waals surface area contributed by atoms with Crippen LogP contribution in [0.3, 0.4) is 0 Å². The molecule has 0 aliphatic heterocycles. The number of fused-ring (bicyclic) bond motifs is 1. The second-order valence-corrected chi connectivity index (χ2v) is 10.1. The summed E-state index contributed by atoms with van der Waals surface area (Å²) in [6, 6.07) is 11.6. The molecule has 0 bridgehead atoms. The second-order valence-electron chi connectivity index (χ2n) is 6.23. The quantitative estimate of drug-likeness (QED) is 0.464. The first-order valence-electron chi connectivity index (χ1n) is 8.77. The smallest absolute Gasteiger partial charge is 0.248 e. The van der Waals surface area contributed by atoms with E-state index >= 15 is 0 Å². The Morgan fingerprint density at radius 1 is 1.14 bits per heavy atom. The third-order valence-corrected chi connectivity index (χ3v) is 7.83. The van der Waals surface area contributed by atoms with Crippen molar-refractivity contribution < 1.29 is 13.2 Å². The molecular formula is C20H18Cl2N2O3S2. The lowest BCUT2D eigenvalue weighted by atomic mass is 10.3. The van der Waals surface area contributed by atoms with E-state index < -0.39 is 15.7 Å². The molecule has 3 aromatic rings. The predicted octanol–water partition coefficient (Wildman–Crippen LogP) is 4.88. The van der Waals surface area contributed by atoms with E-state index in [1.165, 1.54) is 11.3 Å². The molecule has 1 amide bonds. The fraction of sp³-hybridized carbons (Fsp3) is 0.200. The number of rotatable bonds is 7. The summed E-state index contributed by atoms with van der Waals surface area (Å²) in [5.41, 5.74) is 0.697.